The van der Waals surface area contributed by atoms with Gasteiger partial charge in [0.05, 0.1) is 20.3 Å². The van der Waals surface area contributed by atoms with E-state index in [9.17, 15) is 14.7 Å². The number of hydrogen-bond acceptors (Lipinski definition) is 5. The van der Waals surface area contributed by atoms with Crippen molar-refractivity contribution >= 4 is 11.9 Å². The molecule has 0 radical (unpaired) electrons. The van der Waals surface area contributed by atoms with Crippen LogP contribution in [-0.4, -0.2) is 37.4 Å². The fourth-order valence-corrected chi connectivity index (χ4v) is 1.19. The van der Waals surface area contributed by atoms with E-state index >= 15 is 0 Å². The Kier molecular flexibility index (Phi) is 4.56. The maximum atomic E-state index is 11.4. The number of carbonyl (C=O) groups excluding carboxylic acids is 2. The van der Waals surface area contributed by atoms with Crippen LogP contribution in [0.5, 0.6) is 0 Å². The van der Waals surface area contributed by atoms with E-state index in [-0.39, 0.29) is 6.42 Å². The third-order valence-corrected chi connectivity index (χ3v) is 2.27. The molecule has 0 rings (SSSR count). The predicted octanol–water partition coefficient (Wildman–Crippen LogP) is 0.110. The number of rotatable bonds is 4. The first-order valence-electron chi connectivity index (χ1n) is 4.30. The standard InChI is InChI=1S/C9H16O5/c1-5-6(10)9(2,7(11)13-3)8(12)14-4/h6,10H,5H2,1-4H3. The zero-order valence-corrected chi connectivity index (χ0v) is 8.86. The largest absolute Gasteiger partial charge is 0.468 e. The molecule has 0 aliphatic heterocycles. The third kappa shape index (κ3) is 2.04. The van der Waals surface area contributed by atoms with Crippen molar-refractivity contribution in [3.8, 4) is 0 Å². The van der Waals surface area contributed by atoms with Crippen LogP contribution in [0.15, 0.2) is 0 Å². The zero-order chi connectivity index (χ0) is 11.4. The maximum absolute atomic E-state index is 11.4. The van der Waals surface area contributed by atoms with Crippen LogP contribution in [0.1, 0.15) is 20.3 Å². The monoisotopic (exact) mass is 204 g/mol. The Balaban J connectivity index is 5.03. The van der Waals surface area contributed by atoms with Crippen molar-refractivity contribution in [1.29, 1.82) is 0 Å². The van der Waals surface area contributed by atoms with Crippen LogP contribution < -0.4 is 0 Å². The molecular formula is C9H16O5. The number of ether oxygens (including phenoxy) is 2. The molecule has 0 aromatic carbocycles. The molecule has 82 valence electrons. The second-order valence-electron chi connectivity index (χ2n) is 3.11. The molecule has 0 aromatic rings. The minimum Gasteiger partial charge on any atom is -0.468 e. The summed E-state index contributed by atoms with van der Waals surface area (Å²) in [4.78, 5) is 22.7. The van der Waals surface area contributed by atoms with E-state index in [0.29, 0.717) is 0 Å². The molecule has 0 fully saturated rings. The van der Waals surface area contributed by atoms with Crippen LogP contribution in [0.25, 0.3) is 0 Å². The molecule has 1 atom stereocenters. The first-order valence-corrected chi connectivity index (χ1v) is 4.30. The van der Waals surface area contributed by atoms with Crippen molar-refractivity contribution in [3.05, 3.63) is 0 Å². The first kappa shape index (κ1) is 12.9. The summed E-state index contributed by atoms with van der Waals surface area (Å²) < 4.78 is 8.92. The smallest absolute Gasteiger partial charge is 0.325 e. The maximum Gasteiger partial charge on any atom is 0.325 e. The Labute approximate surface area is 83.0 Å². The summed E-state index contributed by atoms with van der Waals surface area (Å²) in [7, 11) is 2.32. The number of carbonyl (C=O) groups is 2. The summed E-state index contributed by atoms with van der Waals surface area (Å²) >= 11 is 0. The number of methoxy groups -OCH3 is 2. The van der Waals surface area contributed by atoms with E-state index in [0.717, 1.165) is 14.2 Å². The Morgan fingerprint density at radius 1 is 1.29 bits per heavy atom. The summed E-state index contributed by atoms with van der Waals surface area (Å²) in [5.41, 5.74) is -1.64. The van der Waals surface area contributed by atoms with E-state index in [2.05, 4.69) is 9.47 Å². The summed E-state index contributed by atoms with van der Waals surface area (Å²) in [6, 6.07) is 0. The van der Waals surface area contributed by atoms with Crippen LogP contribution in [0.3, 0.4) is 0 Å². The Hall–Kier alpha value is -1.10. The lowest BCUT2D eigenvalue weighted by atomic mass is 9.83. The summed E-state index contributed by atoms with van der Waals surface area (Å²) in [6.45, 7) is 2.97. The fraction of sp³-hybridized carbons (Fsp3) is 0.778. The molecule has 14 heavy (non-hydrogen) atoms. The minimum atomic E-state index is -1.64. The predicted molar refractivity (Wildman–Crippen MR) is 48.4 cm³/mol. The number of aliphatic hydroxyl groups is 1. The van der Waals surface area contributed by atoms with E-state index in [1.807, 2.05) is 0 Å². The number of hydrogen-bond donors (Lipinski definition) is 1. The van der Waals surface area contributed by atoms with Crippen molar-refractivity contribution in [2.45, 2.75) is 26.4 Å². The van der Waals surface area contributed by atoms with Gasteiger partial charge < -0.3 is 14.6 Å². The zero-order valence-electron chi connectivity index (χ0n) is 8.86. The van der Waals surface area contributed by atoms with Gasteiger partial charge in [-0.1, -0.05) is 6.92 Å². The first-order chi connectivity index (χ1) is 6.44. The van der Waals surface area contributed by atoms with E-state index in [4.69, 9.17) is 0 Å². The summed E-state index contributed by atoms with van der Waals surface area (Å²) in [5, 5.41) is 9.58. The molecule has 0 spiro atoms. The van der Waals surface area contributed by atoms with Gasteiger partial charge in [0.15, 0.2) is 5.41 Å². The van der Waals surface area contributed by atoms with Crippen molar-refractivity contribution in [2.24, 2.45) is 5.41 Å². The SMILES string of the molecule is CCC(O)C(C)(C(=O)OC)C(=O)OC. The van der Waals surface area contributed by atoms with Crippen LogP contribution in [-0.2, 0) is 19.1 Å². The quantitative estimate of drug-likeness (QED) is 0.519. The Morgan fingerprint density at radius 3 is 1.86 bits per heavy atom. The van der Waals surface area contributed by atoms with E-state index in [1.54, 1.807) is 6.92 Å². The molecule has 0 bridgehead atoms. The summed E-state index contributed by atoms with van der Waals surface area (Å²) in [5.74, 6) is -1.59. The number of esters is 2. The van der Waals surface area contributed by atoms with Crippen LogP contribution in [0.2, 0.25) is 0 Å². The van der Waals surface area contributed by atoms with Gasteiger partial charge in [-0.05, 0) is 13.3 Å². The lowest BCUT2D eigenvalue weighted by Crippen LogP contribution is -2.47. The topological polar surface area (TPSA) is 72.8 Å². The molecule has 0 aliphatic carbocycles. The molecule has 0 heterocycles. The fourth-order valence-electron chi connectivity index (χ4n) is 1.19. The highest BCUT2D eigenvalue weighted by Crippen LogP contribution is 2.27. The van der Waals surface area contributed by atoms with Crippen molar-refractivity contribution in [3.63, 3.8) is 0 Å². The lowest BCUT2D eigenvalue weighted by Gasteiger charge is -2.27. The van der Waals surface area contributed by atoms with E-state index in [1.165, 1.54) is 6.92 Å². The van der Waals surface area contributed by atoms with Gasteiger partial charge in [0, 0.05) is 0 Å². The minimum absolute atomic E-state index is 0.265. The van der Waals surface area contributed by atoms with Gasteiger partial charge in [-0.15, -0.1) is 0 Å². The van der Waals surface area contributed by atoms with Gasteiger partial charge in [-0.2, -0.15) is 0 Å². The molecule has 0 aliphatic rings. The van der Waals surface area contributed by atoms with Crippen molar-refractivity contribution in [2.75, 3.05) is 14.2 Å². The molecule has 5 heteroatoms. The number of aliphatic hydroxyl groups excluding tert-OH is 1. The van der Waals surface area contributed by atoms with Crippen LogP contribution in [0, 0.1) is 5.41 Å². The third-order valence-electron chi connectivity index (χ3n) is 2.27. The van der Waals surface area contributed by atoms with Crippen LogP contribution >= 0.6 is 0 Å². The Bertz CT molecular complexity index is 207. The van der Waals surface area contributed by atoms with Gasteiger partial charge in [0.25, 0.3) is 0 Å². The molecule has 5 nitrogen and oxygen atoms in total. The van der Waals surface area contributed by atoms with Gasteiger partial charge in [0.1, 0.15) is 0 Å². The highest BCUT2D eigenvalue weighted by molar-refractivity contribution is 6.00. The van der Waals surface area contributed by atoms with Gasteiger partial charge >= 0.3 is 11.9 Å². The molecule has 1 N–H and O–H groups in total. The van der Waals surface area contributed by atoms with Crippen molar-refractivity contribution < 1.29 is 24.2 Å². The highest BCUT2D eigenvalue weighted by Gasteiger charge is 2.49. The second kappa shape index (κ2) is 4.95. The second-order valence-corrected chi connectivity index (χ2v) is 3.11. The molecule has 1 unspecified atom stereocenters. The van der Waals surface area contributed by atoms with Gasteiger partial charge in [0.2, 0.25) is 0 Å². The van der Waals surface area contributed by atoms with Gasteiger partial charge in [-0.25, -0.2) is 0 Å². The lowest BCUT2D eigenvalue weighted by molar-refractivity contribution is -0.176. The molecule has 0 amide bonds. The molecule has 0 saturated heterocycles. The average molecular weight is 204 g/mol. The molecule has 0 saturated carbocycles. The molecular weight excluding hydrogens is 188 g/mol. The normalized spacial score (nSPS) is 13.2. The average Bonchev–Trinajstić information content (AvgIpc) is 2.24. The van der Waals surface area contributed by atoms with E-state index < -0.39 is 23.5 Å². The molecule has 0 aromatic heterocycles. The van der Waals surface area contributed by atoms with Crippen molar-refractivity contribution in [1.82, 2.24) is 0 Å². The summed E-state index contributed by atoms with van der Waals surface area (Å²) in [6.07, 6.45) is -0.844. The van der Waals surface area contributed by atoms with Crippen LogP contribution in [0.4, 0.5) is 0 Å². The highest BCUT2D eigenvalue weighted by atomic mass is 16.5. The Morgan fingerprint density at radius 2 is 1.64 bits per heavy atom. The van der Waals surface area contributed by atoms with Gasteiger partial charge in [-0.3, -0.25) is 9.59 Å².